The summed E-state index contributed by atoms with van der Waals surface area (Å²) in [6.45, 7) is 8.12. The molecule has 0 aliphatic carbocycles. The fraction of sp³-hybridized carbons (Fsp3) is 0.533. The topological polar surface area (TPSA) is 64.6 Å². The third-order valence-electron chi connectivity index (χ3n) is 2.26. The van der Waals surface area contributed by atoms with E-state index in [4.69, 9.17) is 9.26 Å². The van der Waals surface area contributed by atoms with Gasteiger partial charge in [-0.3, -0.25) is 9.36 Å². The summed E-state index contributed by atoms with van der Waals surface area (Å²) >= 11 is 0. The van der Waals surface area contributed by atoms with Crippen molar-refractivity contribution in [1.29, 1.82) is 0 Å². The molecule has 0 spiro atoms. The number of hydrogen-bond donors (Lipinski definition) is 1. The third kappa shape index (κ3) is 7.57. The number of carbonyl (C=O) groups excluding carboxylic acids is 1. The van der Waals surface area contributed by atoms with Crippen LogP contribution in [0, 0.1) is 0 Å². The Bertz CT molecular complexity index is 480. The number of ether oxygens (including phenoxy) is 1. The summed E-state index contributed by atoms with van der Waals surface area (Å²) in [6.07, 6.45) is -0.290. The third-order valence-corrected chi connectivity index (χ3v) is 4.28. The van der Waals surface area contributed by atoms with Crippen molar-refractivity contribution in [2.24, 2.45) is 0 Å². The predicted molar refractivity (Wildman–Crippen MR) is 85.8 cm³/mol. The molecule has 1 aromatic carbocycles. The van der Waals surface area contributed by atoms with Gasteiger partial charge in [-0.2, -0.15) is 0 Å². The molecular weight excluding hydrogens is 308 g/mol. The SMILES string of the molecule is CC.CC(C)OC(=O)CNP(=O)(Oc1ccccc1)C(C)F. The Morgan fingerprint density at radius 1 is 1.23 bits per heavy atom. The maximum atomic E-state index is 13.5. The van der Waals surface area contributed by atoms with Crippen LogP contribution in [0.2, 0.25) is 0 Å². The largest absolute Gasteiger partial charge is 0.462 e. The first-order valence-corrected chi connectivity index (χ1v) is 8.96. The average molecular weight is 333 g/mol. The number of esters is 1. The second-order valence-electron chi connectivity index (χ2n) is 4.45. The molecule has 0 aliphatic heterocycles. The van der Waals surface area contributed by atoms with Gasteiger partial charge in [0.05, 0.1) is 6.10 Å². The molecule has 7 heteroatoms. The minimum absolute atomic E-state index is 0.269. The molecule has 1 rings (SSSR count). The molecule has 0 radical (unpaired) electrons. The molecule has 0 saturated heterocycles. The fourth-order valence-corrected chi connectivity index (χ4v) is 2.59. The summed E-state index contributed by atoms with van der Waals surface area (Å²) in [5.74, 6) is -2.10. The zero-order valence-electron chi connectivity index (χ0n) is 13.7. The molecule has 0 heterocycles. The number of carbonyl (C=O) groups is 1. The van der Waals surface area contributed by atoms with E-state index in [1.165, 1.54) is 0 Å². The monoisotopic (exact) mass is 333 g/mol. The number of para-hydroxylation sites is 1. The molecule has 0 aliphatic rings. The van der Waals surface area contributed by atoms with Gasteiger partial charge in [0.25, 0.3) is 0 Å². The zero-order chi connectivity index (χ0) is 17.2. The van der Waals surface area contributed by atoms with Crippen molar-refractivity contribution in [3.8, 4) is 5.75 Å². The van der Waals surface area contributed by atoms with Crippen LogP contribution in [0.15, 0.2) is 30.3 Å². The number of nitrogens with one attached hydrogen (secondary N) is 1. The van der Waals surface area contributed by atoms with Gasteiger partial charge in [0, 0.05) is 0 Å². The van der Waals surface area contributed by atoms with E-state index >= 15 is 0 Å². The van der Waals surface area contributed by atoms with Crippen LogP contribution in [0.3, 0.4) is 0 Å². The van der Waals surface area contributed by atoms with Crippen molar-refractivity contribution in [2.75, 3.05) is 6.54 Å². The average Bonchev–Trinajstić information content (AvgIpc) is 2.47. The Balaban J connectivity index is 0.00000211. The summed E-state index contributed by atoms with van der Waals surface area (Å²) in [5.41, 5.74) is 0. The van der Waals surface area contributed by atoms with Gasteiger partial charge < -0.3 is 9.26 Å². The first-order chi connectivity index (χ1) is 10.3. The van der Waals surface area contributed by atoms with Crippen LogP contribution in [0.4, 0.5) is 4.39 Å². The van der Waals surface area contributed by atoms with Gasteiger partial charge in [0.1, 0.15) is 12.3 Å². The summed E-state index contributed by atoms with van der Waals surface area (Å²) in [4.78, 5) is 11.4. The summed E-state index contributed by atoms with van der Waals surface area (Å²) in [6, 6.07) is 8.22. The Kier molecular flexibility index (Phi) is 9.70. The van der Waals surface area contributed by atoms with Gasteiger partial charge in [0.15, 0.2) is 5.91 Å². The lowest BCUT2D eigenvalue weighted by Gasteiger charge is -2.21. The highest BCUT2D eigenvalue weighted by Gasteiger charge is 2.33. The van der Waals surface area contributed by atoms with Gasteiger partial charge in [-0.1, -0.05) is 32.0 Å². The maximum Gasteiger partial charge on any atom is 0.350 e. The molecule has 2 unspecified atom stereocenters. The predicted octanol–water partition coefficient (Wildman–Crippen LogP) is 4.14. The van der Waals surface area contributed by atoms with E-state index in [-0.39, 0.29) is 18.4 Å². The summed E-state index contributed by atoms with van der Waals surface area (Å²) in [5, 5.41) is 2.33. The Morgan fingerprint density at radius 2 is 1.77 bits per heavy atom. The lowest BCUT2D eigenvalue weighted by molar-refractivity contribution is -0.145. The lowest BCUT2D eigenvalue weighted by atomic mass is 10.3. The standard InChI is InChI=1S/C13H19FNO4P.C2H6/c1-10(2)18-13(16)9-15-20(17,11(3)14)19-12-7-5-4-6-8-12;1-2/h4-8,10-11H,9H2,1-3H3,(H,15,17);1-2H3. The van der Waals surface area contributed by atoms with Crippen molar-refractivity contribution in [1.82, 2.24) is 5.09 Å². The summed E-state index contributed by atoms with van der Waals surface area (Å²) in [7, 11) is -3.83. The van der Waals surface area contributed by atoms with Crippen molar-refractivity contribution in [2.45, 2.75) is 46.6 Å². The van der Waals surface area contributed by atoms with E-state index in [2.05, 4.69) is 5.09 Å². The molecule has 0 saturated carbocycles. The Morgan fingerprint density at radius 3 is 2.23 bits per heavy atom. The normalized spacial score (nSPS) is 14.3. The van der Waals surface area contributed by atoms with Crippen molar-refractivity contribution in [3.63, 3.8) is 0 Å². The van der Waals surface area contributed by atoms with Gasteiger partial charge in [-0.15, -0.1) is 0 Å². The second kappa shape index (κ2) is 10.4. The van der Waals surface area contributed by atoms with Crippen molar-refractivity contribution < 1.29 is 23.0 Å². The molecule has 1 aromatic rings. The Labute approximate surface area is 131 Å². The van der Waals surface area contributed by atoms with Crippen LogP contribution in [-0.2, 0) is 14.1 Å². The second-order valence-corrected chi connectivity index (χ2v) is 6.85. The molecule has 126 valence electrons. The van der Waals surface area contributed by atoms with Crippen LogP contribution in [0.25, 0.3) is 0 Å². The van der Waals surface area contributed by atoms with Crippen molar-refractivity contribution >= 4 is 13.5 Å². The zero-order valence-corrected chi connectivity index (χ0v) is 14.6. The molecule has 22 heavy (non-hydrogen) atoms. The van der Waals surface area contributed by atoms with E-state index in [0.29, 0.717) is 0 Å². The highest BCUT2D eigenvalue weighted by atomic mass is 31.2. The van der Waals surface area contributed by atoms with Crippen LogP contribution in [-0.4, -0.2) is 24.5 Å². The lowest BCUT2D eigenvalue weighted by Crippen LogP contribution is -2.28. The van der Waals surface area contributed by atoms with E-state index in [1.807, 2.05) is 13.8 Å². The van der Waals surface area contributed by atoms with Crippen molar-refractivity contribution in [3.05, 3.63) is 30.3 Å². The number of halogens is 1. The number of hydrogen-bond acceptors (Lipinski definition) is 4. The van der Waals surface area contributed by atoms with Crippen LogP contribution in [0.1, 0.15) is 34.6 Å². The highest BCUT2D eigenvalue weighted by molar-refractivity contribution is 7.57. The van der Waals surface area contributed by atoms with Gasteiger partial charge in [0.2, 0.25) is 0 Å². The molecule has 2 atom stereocenters. The molecule has 5 nitrogen and oxygen atoms in total. The maximum absolute atomic E-state index is 13.5. The fourth-order valence-electron chi connectivity index (χ4n) is 1.35. The van der Waals surface area contributed by atoms with Crippen LogP contribution >= 0.6 is 7.52 Å². The van der Waals surface area contributed by atoms with Crippen LogP contribution < -0.4 is 9.61 Å². The number of rotatable bonds is 7. The molecule has 0 bridgehead atoms. The van der Waals surface area contributed by atoms with Gasteiger partial charge in [-0.05, 0) is 32.9 Å². The van der Waals surface area contributed by atoms with Gasteiger partial charge >= 0.3 is 13.5 Å². The minimum Gasteiger partial charge on any atom is -0.462 e. The molecule has 1 N–H and O–H groups in total. The smallest absolute Gasteiger partial charge is 0.350 e. The van der Waals surface area contributed by atoms with E-state index < -0.39 is 19.4 Å². The van der Waals surface area contributed by atoms with E-state index in [9.17, 15) is 13.8 Å². The minimum atomic E-state index is -3.83. The number of alkyl halides is 1. The first-order valence-electron chi connectivity index (χ1n) is 7.26. The van der Waals surface area contributed by atoms with Crippen LogP contribution in [0.5, 0.6) is 5.75 Å². The highest BCUT2D eigenvalue weighted by Crippen LogP contribution is 2.48. The number of benzene rings is 1. The van der Waals surface area contributed by atoms with Gasteiger partial charge in [-0.25, -0.2) is 9.48 Å². The van der Waals surface area contributed by atoms with E-state index in [0.717, 1.165) is 6.92 Å². The molecule has 0 aromatic heterocycles. The quantitative estimate of drug-likeness (QED) is 0.600. The molecule has 0 fully saturated rings. The molecule has 0 amide bonds. The van der Waals surface area contributed by atoms with E-state index in [1.54, 1.807) is 44.2 Å². The molecular formula is C15H25FNO4P. The Hall–Kier alpha value is -1.39. The first kappa shape index (κ1) is 20.6. The summed E-state index contributed by atoms with van der Waals surface area (Å²) < 4.78 is 36.0.